The van der Waals surface area contributed by atoms with Crippen LogP contribution in [0.4, 0.5) is 0 Å². The van der Waals surface area contributed by atoms with E-state index in [-0.39, 0.29) is 24.3 Å². The highest BCUT2D eigenvalue weighted by Crippen LogP contribution is 2.20. The lowest BCUT2D eigenvalue weighted by Crippen LogP contribution is -2.44. The Hall–Kier alpha value is -3.77. The molecular formula is C27H26N2O4. The Labute approximate surface area is 193 Å². The number of carbonyl (C=O) groups is 3. The van der Waals surface area contributed by atoms with Crippen LogP contribution in [0.25, 0.3) is 0 Å². The number of rotatable bonds is 8. The Morgan fingerprint density at radius 3 is 2.21 bits per heavy atom. The molecule has 168 valence electrons. The Bertz CT molecular complexity index is 1100. The van der Waals surface area contributed by atoms with Gasteiger partial charge >= 0.3 is 5.97 Å². The SMILES string of the molecule is O=C(CN1CCC[C@H]1C(=O)NCc1ccccc1)c1ccc(OC(=O)c2ccccc2)cc1. The molecule has 0 spiro atoms. The normalized spacial score (nSPS) is 15.7. The molecule has 1 amide bonds. The van der Waals surface area contributed by atoms with Crippen LogP contribution in [0.15, 0.2) is 84.9 Å². The summed E-state index contributed by atoms with van der Waals surface area (Å²) in [5.41, 5.74) is 2.02. The number of nitrogens with zero attached hydrogens (tertiary/aromatic N) is 1. The number of carbonyl (C=O) groups excluding carboxylic acids is 3. The van der Waals surface area contributed by atoms with Gasteiger partial charge in [0, 0.05) is 12.1 Å². The van der Waals surface area contributed by atoms with E-state index in [4.69, 9.17) is 4.74 Å². The zero-order chi connectivity index (χ0) is 23.0. The molecule has 0 saturated carbocycles. The van der Waals surface area contributed by atoms with E-state index in [1.807, 2.05) is 41.3 Å². The largest absolute Gasteiger partial charge is 0.423 e. The summed E-state index contributed by atoms with van der Waals surface area (Å²) in [4.78, 5) is 39.6. The van der Waals surface area contributed by atoms with Crippen LogP contribution in [-0.2, 0) is 11.3 Å². The average molecular weight is 443 g/mol. The van der Waals surface area contributed by atoms with Crippen LogP contribution in [-0.4, -0.2) is 41.7 Å². The van der Waals surface area contributed by atoms with E-state index in [0.717, 1.165) is 18.4 Å². The maximum Gasteiger partial charge on any atom is 0.343 e. The number of ketones is 1. The maximum atomic E-state index is 12.8. The maximum absolute atomic E-state index is 12.8. The van der Waals surface area contributed by atoms with E-state index in [0.29, 0.717) is 30.0 Å². The minimum Gasteiger partial charge on any atom is -0.423 e. The van der Waals surface area contributed by atoms with Crippen LogP contribution < -0.4 is 10.1 Å². The molecule has 4 rings (SSSR count). The summed E-state index contributed by atoms with van der Waals surface area (Å²) >= 11 is 0. The summed E-state index contributed by atoms with van der Waals surface area (Å²) in [5.74, 6) is -0.193. The Kier molecular flexibility index (Phi) is 7.27. The molecule has 1 aliphatic rings. The van der Waals surface area contributed by atoms with Crippen LogP contribution in [0.1, 0.15) is 39.1 Å². The summed E-state index contributed by atoms with van der Waals surface area (Å²) in [5, 5.41) is 2.98. The summed E-state index contributed by atoms with van der Waals surface area (Å²) in [6.07, 6.45) is 1.62. The third-order valence-electron chi connectivity index (χ3n) is 5.72. The molecule has 1 heterocycles. The van der Waals surface area contributed by atoms with Crippen molar-refractivity contribution in [3.63, 3.8) is 0 Å². The number of amides is 1. The van der Waals surface area contributed by atoms with E-state index in [2.05, 4.69) is 5.32 Å². The lowest BCUT2D eigenvalue weighted by Gasteiger charge is -2.23. The van der Waals surface area contributed by atoms with Gasteiger partial charge in [-0.3, -0.25) is 14.5 Å². The molecular weight excluding hydrogens is 416 g/mol. The summed E-state index contributed by atoms with van der Waals surface area (Å²) in [6, 6.07) is 24.7. The lowest BCUT2D eigenvalue weighted by atomic mass is 10.1. The number of hydrogen-bond donors (Lipinski definition) is 1. The van der Waals surface area contributed by atoms with Crippen molar-refractivity contribution in [3.05, 3.63) is 102 Å². The molecule has 0 unspecified atom stereocenters. The predicted octanol–water partition coefficient (Wildman–Crippen LogP) is 3.87. The van der Waals surface area contributed by atoms with Gasteiger partial charge in [0.05, 0.1) is 18.2 Å². The molecule has 0 radical (unpaired) electrons. The van der Waals surface area contributed by atoms with Gasteiger partial charge in [-0.25, -0.2) is 4.79 Å². The van der Waals surface area contributed by atoms with Crippen LogP contribution in [0.3, 0.4) is 0 Å². The number of ether oxygens (including phenoxy) is 1. The molecule has 6 heteroatoms. The molecule has 3 aromatic rings. The van der Waals surface area contributed by atoms with Gasteiger partial charge in [0.15, 0.2) is 5.78 Å². The standard InChI is InChI=1S/C27H26N2O4/c30-25(21-13-15-23(16-14-21)33-27(32)22-10-5-2-6-11-22)19-29-17-7-12-24(29)26(31)28-18-20-8-3-1-4-9-20/h1-6,8-11,13-16,24H,7,12,17-19H2,(H,28,31)/t24-/m0/s1. The quantitative estimate of drug-likeness (QED) is 0.326. The second kappa shape index (κ2) is 10.7. The summed E-state index contributed by atoms with van der Waals surface area (Å²) in [6.45, 7) is 1.36. The number of hydrogen-bond acceptors (Lipinski definition) is 5. The first kappa shape index (κ1) is 22.4. The average Bonchev–Trinajstić information content (AvgIpc) is 3.32. The molecule has 1 N–H and O–H groups in total. The van der Waals surface area contributed by atoms with Crippen molar-refractivity contribution in [1.29, 1.82) is 0 Å². The van der Waals surface area contributed by atoms with Crippen LogP contribution in [0.2, 0.25) is 0 Å². The van der Waals surface area contributed by atoms with Gasteiger partial charge < -0.3 is 10.1 Å². The highest BCUT2D eigenvalue weighted by molar-refractivity contribution is 5.98. The van der Waals surface area contributed by atoms with Gasteiger partial charge in [-0.2, -0.15) is 0 Å². The summed E-state index contributed by atoms with van der Waals surface area (Å²) in [7, 11) is 0. The minimum absolute atomic E-state index is 0.0488. The van der Waals surface area contributed by atoms with Crippen LogP contribution in [0, 0.1) is 0 Å². The second-order valence-electron chi connectivity index (χ2n) is 8.04. The van der Waals surface area contributed by atoms with Gasteiger partial charge in [-0.15, -0.1) is 0 Å². The van der Waals surface area contributed by atoms with Gasteiger partial charge in [0.1, 0.15) is 5.75 Å². The number of esters is 1. The fourth-order valence-corrected chi connectivity index (χ4v) is 3.94. The number of benzene rings is 3. The fourth-order valence-electron chi connectivity index (χ4n) is 3.94. The number of Topliss-reactive ketones (excluding diaryl/α,β-unsaturated/α-hetero) is 1. The van der Waals surface area contributed by atoms with Gasteiger partial charge in [-0.05, 0) is 61.3 Å². The molecule has 1 aliphatic heterocycles. The Morgan fingerprint density at radius 1 is 0.848 bits per heavy atom. The molecule has 6 nitrogen and oxygen atoms in total. The van der Waals surface area contributed by atoms with Gasteiger partial charge in [0.2, 0.25) is 5.91 Å². The van der Waals surface area contributed by atoms with Crippen molar-refractivity contribution in [2.24, 2.45) is 0 Å². The van der Waals surface area contributed by atoms with E-state index < -0.39 is 5.97 Å². The third kappa shape index (κ3) is 5.93. The van der Waals surface area contributed by atoms with Crippen molar-refractivity contribution < 1.29 is 19.1 Å². The van der Waals surface area contributed by atoms with E-state index in [1.54, 1.807) is 48.5 Å². The molecule has 3 aromatic carbocycles. The highest BCUT2D eigenvalue weighted by atomic mass is 16.5. The third-order valence-corrected chi connectivity index (χ3v) is 5.72. The molecule has 0 bridgehead atoms. The van der Waals surface area contributed by atoms with Crippen LogP contribution in [0.5, 0.6) is 5.75 Å². The molecule has 1 fully saturated rings. The smallest absolute Gasteiger partial charge is 0.343 e. The zero-order valence-corrected chi connectivity index (χ0v) is 18.3. The Morgan fingerprint density at radius 2 is 1.52 bits per heavy atom. The molecule has 1 atom stereocenters. The van der Waals surface area contributed by atoms with Gasteiger partial charge in [0.25, 0.3) is 0 Å². The molecule has 0 aromatic heterocycles. The highest BCUT2D eigenvalue weighted by Gasteiger charge is 2.31. The van der Waals surface area contributed by atoms with Crippen molar-refractivity contribution in [3.8, 4) is 5.75 Å². The predicted molar refractivity (Wildman–Crippen MR) is 125 cm³/mol. The van der Waals surface area contributed by atoms with E-state index in [1.165, 1.54) is 0 Å². The minimum atomic E-state index is -0.448. The van der Waals surface area contributed by atoms with E-state index in [9.17, 15) is 14.4 Å². The Balaban J connectivity index is 1.31. The molecule has 33 heavy (non-hydrogen) atoms. The lowest BCUT2D eigenvalue weighted by molar-refractivity contribution is -0.125. The monoisotopic (exact) mass is 442 g/mol. The topological polar surface area (TPSA) is 75.7 Å². The molecule has 0 aliphatic carbocycles. The van der Waals surface area contributed by atoms with Crippen molar-refractivity contribution >= 4 is 17.7 Å². The number of likely N-dealkylation sites (tertiary alicyclic amines) is 1. The van der Waals surface area contributed by atoms with Crippen molar-refractivity contribution in [2.45, 2.75) is 25.4 Å². The van der Waals surface area contributed by atoms with E-state index >= 15 is 0 Å². The summed E-state index contributed by atoms with van der Waals surface area (Å²) < 4.78 is 5.37. The fraction of sp³-hybridized carbons (Fsp3) is 0.222. The first-order chi connectivity index (χ1) is 16.1. The second-order valence-corrected chi connectivity index (χ2v) is 8.04. The number of nitrogens with one attached hydrogen (secondary N) is 1. The zero-order valence-electron chi connectivity index (χ0n) is 18.3. The first-order valence-corrected chi connectivity index (χ1v) is 11.1. The van der Waals surface area contributed by atoms with Crippen LogP contribution >= 0.6 is 0 Å². The van der Waals surface area contributed by atoms with Gasteiger partial charge in [-0.1, -0.05) is 48.5 Å². The van der Waals surface area contributed by atoms with Crippen molar-refractivity contribution in [2.75, 3.05) is 13.1 Å². The van der Waals surface area contributed by atoms with Crippen molar-refractivity contribution in [1.82, 2.24) is 10.2 Å². The first-order valence-electron chi connectivity index (χ1n) is 11.1. The molecule has 1 saturated heterocycles.